The molecule has 0 spiro atoms. The van der Waals surface area contributed by atoms with Crippen LogP contribution in [0.5, 0.6) is 0 Å². The number of nitrogens with one attached hydrogen (secondary N) is 2. The standard InChI is InChI=1S/C19H28FN3O3S/c1-14-5-7-17(8-6-14)22-27(25,26)13-19(24)23-10-9-21-12-18(23)15-3-2-4-16(20)11-15/h2-4,11,14,17-18,21-22H,5-10,12-13H2,1H3. The van der Waals surface area contributed by atoms with Gasteiger partial charge in [0.15, 0.2) is 0 Å². The molecule has 1 heterocycles. The quantitative estimate of drug-likeness (QED) is 0.794. The molecule has 0 radical (unpaired) electrons. The number of piperazine rings is 1. The van der Waals surface area contributed by atoms with Crippen molar-refractivity contribution in [2.75, 3.05) is 25.4 Å². The highest BCUT2D eigenvalue weighted by Gasteiger charge is 2.32. The number of hydrogen-bond donors (Lipinski definition) is 2. The number of sulfonamides is 1. The molecular formula is C19H28FN3O3S. The van der Waals surface area contributed by atoms with Crippen LogP contribution in [0.25, 0.3) is 0 Å². The predicted molar refractivity (Wildman–Crippen MR) is 102 cm³/mol. The van der Waals surface area contributed by atoms with Gasteiger partial charge in [-0.2, -0.15) is 0 Å². The number of carbonyl (C=O) groups is 1. The van der Waals surface area contributed by atoms with Crippen molar-refractivity contribution < 1.29 is 17.6 Å². The molecule has 1 atom stereocenters. The van der Waals surface area contributed by atoms with E-state index in [0.717, 1.165) is 25.7 Å². The normalized spacial score (nSPS) is 26.7. The van der Waals surface area contributed by atoms with Gasteiger partial charge in [0.1, 0.15) is 11.6 Å². The zero-order valence-electron chi connectivity index (χ0n) is 15.7. The Morgan fingerprint density at radius 1 is 1.30 bits per heavy atom. The van der Waals surface area contributed by atoms with Gasteiger partial charge in [0, 0.05) is 25.7 Å². The largest absolute Gasteiger partial charge is 0.332 e. The number of amides is 1. The first-order valence-electron chi connectivity index (χ1n) is 9.60. The average molecular weight is 398 g/mol. The van der Waals surface area contributed by atoms with E-state index in [1.807, 2.05) is 0 Å². The van der Waals surface area contributed by atoms with Gasteiger partial charge in [0.2, 0.25) is 15.9 Å². The molecule has 1 amide bonds. The molecule has 2 aliphatic rings. The SMILES string of the molecule is CC1CCC(NS(=O)(=O)CC(=O)N2CCNCC2c2cccc(F)c2)CC1. The molecule has 1 aliphatic heterocycles. The van der Waals surface area contributed by atoms with E-state index in [0.29, 0.717) is 31.1 Å². The molecule has 0 aromatic heterocycles. The van der Waals surface area contributed by atoms with Crippen LogP contribution < -0.4 is 10.0 Å². The van der Waals surface area contributed by atoms with Crippen molar-refractivity contribution in [2.24, 2.45) is 5.92 Å². The van der Waals surface area contributed by atoms with Gasteiger partial charge in [-0.3, -0.25) is 4.79 Å². The summed E-state index contributed by atoms with van der Waals surface area (Å²) in [7, 11) is -3.70. The Balaban J connectivity index is 1.65. The van der Waals surface area contributed by atoms with Gasteiger partial charge >= 0.3 is 0 Å². The average Bonchev–Trinajstić information content (AvgIpc) is 2.63. The van der Waals surface area contributed by atoms with Gasteiger partial charge in [-0.25, -0.2) is 17.5 Å². The highest BCUT2D eigenvalue weighted by Crippen LogP contribution is 2.25. The first kappa shape index (κ1) is 20.2. The molecule has 6 nitrogen and oxygen atoms in total. The van der Waals surface area contributed by atoms with E-state index < -0.39 is 21.7 Å². The topological polar surface area (TPSA) is 78.5 Å². The van der Waals surface area contributed by atoms with Crippen molar-refractivity contribution in [2.45, 2.75) is 44.7 Å². The molecule has 1 saturated heterocycles. The van der Waals surface area contributed by atoms with E-state index >= 15 is 0 Å². The highest BCUT2D eigenvalue weighted by molar-refractivity contribution is 7.90. The summed E-state index contributed by atoms with van der Waals surface area (Å²) in [6, 6.07) is 5.66. The molecule has 8 heteroatoms. The van der Waals surface area contributed by atoms with Crippen LogP contribution in [0.2, 0.25) is 0 Å². The minimum Gasteiger partial charge on any atom is -0.332 e. The molecule has 1 aromatic carbocycles. The number of carbonyl (C=O) groups excluding carboxylic acids is 1. The minimum atomic E-state index is -3.70. The van der Waals surface area contributed by atoms with Crippen molar-refractivity contribution in [3.8, 4) is 0 Å². The lowest BCUT2D eigenvalue weighted by Crippen LogP contribution is -2.51. The van der Waals surface area contributed by atoms with Gasteiger partial charge in [-0.15, -0.1) is 0 Å². The Bertz CT molecular complexity index is 763. The Labute approximate surface area is 160 Å². The summed E-state index contributed by atoms with van der Waals surface area (Å²) in [5.41, 5.74) is 0.669. The maximum atomic E-state index is 13.6. The van der Waals surface area contributed by atoms with Crippen LogP contribution in [0.4, 0.5) is 4.39 Å². The lowest BCUT2D eigenvalue weighted by molar-refractivity contribution is -0.131. The fourth-order valence-electron chi connectivity index (χ4n) is 3.93. The van der Waals surface area contributed by atoms with Crippen LogP contribution in [0.15, 0.2) is 24.3 Å². The van der Waals surface area contributed by atoms with Crippen LogP contribution in [-0.2, 0) is 14.8 Å². The molecule has 1 aliphatic carbocycles. The maximum absolute atomic E-state index is 13.6. The molecule has 150 valence electrons. The van der Waals surface area contributed by atoms with Gasteiger partial charge in [-0.1, -0.05) is 19.1 Å². The Kier molecular flexibility index (Phi) is 6.49. The highest BCUT2D eigenvalue weighted by atomic mass is 32.2. The van der Waals surface area contributed by atoms with Gasteiger partial charge in [0.25, 0.3) is 0 Å². The zero-order valence-corrected chi connectivity index (χ0v) is 16.5. The van der Waals surface area contributed by atoms with Crippen LogP contribution in [0, 0.1) is 11.7 Å². The molecule has 2 fully saturated rings. The molecule has 1 saturated carbocycles. The fraction of sp³-hybridized carbons (Fsp3) is 0.632. The second kappa shape index (κ2) is 8.67. The molecule has 0 bridgehead atoms. The van der Waals surface area contributed by atoms with Crippen molar-refractivity contribution >= 4 is 15.9 Å². The van der Waals surface area contributed by atoms with Crippen LogP contribution in [0.3, 0.4) is 0 Å². The molecule has 3 rings (SSSR count). The van der Waals surface area contributed by atoms with Crippen molar-refractivity contribution in [3.05, 3.63) is 35.6 Å². The molecule has 2 N–H and O–H groups in total. The van der Waals surface area contributed by atoms with Gasteiger partial charge < -0.3 is 10.2 Å². The number of nitrogens with zero attached hydrogens (tertiary/aromatic N) is 1. The van der Waals surface area contributed by atoms with Gasteiger partial charge in [-0.05, 0) is 49.3 Å². The van der Waals surface area contributed by atoms with E-state index in [4.69, 9.17) is 0 Å². The predicted octanol–water partition coefficient (Wildman–Crippen LogP) is 1.80. The van der Waals surface area contributed by atoms with Crippen LogP contribution >= 0.6 is 0 Å². The summed E-state index contributed by atoms with van der Waals surface area (Å²) >= 11 is 0. The Morgan fingerprint density at radius 3 is 2.74 bits per heavy atom. The lowest BCUT2D eigenvalue weighted by atomic mass is 9.88. The van der Waals surface area contributed by atoms with Gasteiger partial charge in [0.05, 0.1) is 6.04 Å². The van der Waals surface area contributed by atoms with E-state index in [9.17, 15) is 17.6 Å². The summed E-state index contributed by atoms with van der Waals surface area (Å²) in [5, 5.41) is 3.19. The summed E-state index contributed by atoms with van der Waals surface area (Å²) in [4.78, 5) is 14.3. The summed E-state index contributed by atoms with van der Waals surface area (Å²) < 4.78 is 41.3. The monoisotopic (exact) mass is 397 g/mol. The molecule has 1 unspecified atom stereocenters. The summed E-state index contributed by atoms with van der Waals surface area (Å²) in [6.07, 6.45) is 3.63. The van der Waals surface area contributed by atoms with Crippen molar-refractivity contribution in [1.82, 2.24) is 14.9 Å². The maximum Gasteiger partial charge on any atom is 0.239 e. The van der Waals surface area contributed by atoms with E-state index in [1.54, 1.807) is 17.0 Å². The number of hydrogen-bond acceptors (Lipinski definition) is 4. The smallest absolute Gasteiger partial charge is 0.239 e. The Hall–Kier alpha value is -1.51. The summed E-state index contributed by atoms with van der Waals surface area (Å²) in [5.74, 6) is -0.751. The first-order chi connectivity index (χ1) is 12.8. The second-order valence-corrected chi connectivity index (χ2v) is 9.45. The van der Waals surface area contributed by atoms with E-state index in [2.05, 4.69) is 17.0 Å². The first-order valence-corrected chi connectivity index (χ1v) is 11.2. The Morgan fingerprint density at radius 2 is 2.04 bits per heavy atom. The third-order valence-corrected chi connectivity index (χ3v) is 6.79. The summed E-state index contributed by atoms with van der Waals surface area (Å²) in [6.45, 7) is 3.64. The third kappa shape index (κ3) is 5.49. The molecule has 27 heavy (non-hydrogen) atoms. The van der Waals surface area contributed by atoms with Crippen LogP contribution in [-0.4, -0.2) is 50.7 Å². The second-order valence-electron chi connectivity index (χ2n) is 7.70. The number of rotatable bonds is 5. The third-order valence-electron chi connectivity index (χ3n) is 5.47. The van der Waals surface area contributed by atoms with Crippen molar-refractivity contribution in [3.63, 3.8) is 0 Å². The molecule has 1 aromatic rings. The van der Waals surface area contributed by atoms with E-state index in [1.165, 1.54) is 12.1 Å². The number of halogens is 1. The fourth-order valence-corrected chi connectivity index (χ4v) is 5.25. The molecular weight excluding hydrogens is 369 g/mol. The minimum absolute atomic E-state index is 0.0824. The van der Waals surface area contributed by atoms with Crippen molar-refractivity contribution in [1.29, 1.82) is 0 Å². The number of benzene rings is 1. The van der Waals surface area contributed by atoms with E-state index in [-0.39, 0.29) is 17.9 Å². The lowest BCUT2D eigenvalue weighted by Gasteiger charge is -2.36. The van der Waals surface area contributed by atoms with Crippen LogP contribution in [0.1, 0.15) is 44.2 Å². The zero-order chi connectivity index (χ0) is 19.4.